The van der Waals surface area contributed by atoms with E-state index in [2.05, 4.69) is 18.2 Å². The van der Waals surface area contributed by atoms with Gasteiger partial charge in [0.1, 0.15) is 0 Å². The van der Waals surface area contributed by atoms with E-state index in [0.29, 0.717) is 6.61 Å². The molecule has 3 heteroatoms. The molecule has 24 heavy (non-hydrogen) atoms. The van der Waals surface area contributed by atoms with E-state index in [1.54, 1.807) is 20.8 Å². The van der Waals surface area contributed by atoms with E-state index in [1.165, 1.54) is 5.56 Å². The van der Waals surface area contributed by atoms with Crippen molar-refractivity contribution >= 4 is 5.97 Å². The zero-order valence-corrected chi connectivity index (χ0v) is 15.0. The van der Waals surface area contributed by atoms with Crippen molar-refractivity contribution in [2.24, 2.45) is 5.41 Å². The van der Waals surface area contributed by atoms with E-state index in [-0.39, 0.29) is 0 Å². The van der Waals surface area contributed by atoms with Crippen LogP contribution in [0.1, 0.15) is 33.3 Å². The third-order valence-electron chi connectivity index (χ3n) is 3.83. The molecule has 1 aromatic carbocycles. The molecule has 0 fully saturated rings. The summed E-state index contributed by atoms with van der Waals surface area (Å²) in [7, 11) is 0. The topological polar surface area (TPSA) is 46.5 Å². The highest BCUT2D eigenvalue weighted by Gasteiger charge is 2.37. The Kier molecular flexibility index (Phi) is 8.20. The van der Waals surface area contributed by atoms with Gasteiger partial charge < -0.3 is 9.84 Å². The maximum absolute atomic E-state index is 11.9. The second-order valence-electron chi connectivity index (χ2n) is 6.26. The molecule has 0 aliphatic rings. The number of benzene rings is 1. The Morgan fingerprint density at radius 1 is 1.21 bits per heavy atom. The lowest BCUT2D eigenvalue weighted by molar-refractivity contribution is -0.158. The molecule has 0 saturated carbocycles. The maximum Gasteiger partial charge on any atom is 0.314 e. The number of hydrogen-bond acceptors (Lipinski definition) is 3. The Hall–Kier alpha value is -2.13. The standard InChI is InChI=1S/C21H28O3/c1-5-24-20(23)21(3,4)19(22)17(2)13-9-6-7-10-14-18-15-11-8-12-16-18/h6-13,15-16,19,22H,5,14H2,1-4H3/b9-6+,10-7+,17-13+. The molecular weight excluding hydrogens is 300 g/mol. The number of allylic oxidation sites excluding steroid dienone is 5. The number of esters is 1. The normalized spacial score (nSPS) is 14.3. The minimum Gasteiger partial charge on any atom is -0.465 e. The van der Waals surface area contributed by atoms with Crippen molar-refractivity contribution in [2.75, 3.05) is 6.61 Å². The van der Waals surface area contributed by atoms with Crippen LogP contribution < -0.4 is 0 Å². The third kappa shape index (κ3) is 6.17. The van der Waals surface area contributed by atoms with Gasteiger partial charge in [-0.1, -0.05) is 60.7 Å². The lowest BCUT2D eigenvalue weighted by Gasteiger charge is -2.28. The second kappa shape index (κ2) is 9.89. The first-order valence-electron chi connectivity index (χ1n) is 8.28. The smallest absolute Gasteiger partial charge is 0.314 e. The van der Waals surface area contributed by atoms with Gasteiger partial charge in [0.05, 0.1) is 18.1 Å². The van der Waals surface area contributed by atoms with Crippen molar-refractivity contribution in [2.45, 2.75) is 40.2 Å². The van der Waals surface area contributed by atoms with Crippen LogP contribution in [0.3, 0.4) is 0 Å². The maximum atomic E-state index is 11.9. The van der Waals surface area contributed by atoms with Crippen molar-refractivity contribution < 1.29 is 14.6 Å². The summed E-state index contributed by atoms with van der Waals surface area (Å²) in [6.45, 7) is 7.26. The highest BCUT2D eigenvalue weighted by atomic mass is 16.5. The molecule has 0 aromatic heterocycles. The summed E-state index contributed by atoms with van der Waals surface area (Å²) >= 11 is 0. The van der Waals surface area contributed by atoms with Gasteiger partial charge in [0, 0.05) is 0 Å². The molecule has 0 saturated heterocycles. The van der Waals surface area contributed by atoms with Crippen LogP contribution in [0.25, 0.3) is 0 Å². The average molecular weight is 328 g/mol. The number of carbonyl (C=O) groups is 1. The number of ether oxygens (including phenoxy) is 1. The average Bonchev–Trinajstić information content (AvgIpc) is 2.58. The highest BCUT2D eigenvalue weighted by molar-refractivity contribution is 5.77. The molecule has 0 aliphatic heterocycles. The van der Waals surface area contributed by atoms with Crippen LogP contribution in [0.4, 0.5) is 0 Å². The van der Waals surface area contributed by atoms with Crippen LogP contribution in [0.15, 0.2) is 66.3 Å². The summed E-state index contributed by atoms with van der Waals surface area (Å²) in [4.78, 5) is 11.9. The first-order valence-corrected chi connectivity index (χ1v) is 8.28. The Labute approximate surface area is 145 Å². The summed E-state index contributed by atoms with van der Waals surface area (Å²) in [6, 6.07) is 10.2. The van der Waals surface area contributed by atoms with Gasteiger partial charge in [-0.3, -0.25) is 4.79 Å². The Balaban J connectivity index is 2.57. The SMILES string of the molecule is CCOC(=O)C(C)(C)C(O)/C(C)=C/C=C/C=C/Cc1ccccc1. The van der Waals surface area contributed by atoms with E-state index in [0.717, 1.165) is 12.0 Å². The first-order chi connectivity index (χ1) is 11.4. The fraction of sp³-hybridized carbons (Fsp3) is 0.381. The van der Waals surface area contributed by atoms with Crippen molar-refractivity contribution in [1.29, 1.82) is 0 Å². The van der Waals surface area contributed by atoms with E-state index in [9.17, 15) is 9.90 Å². The van der Waals surface area contributed by atoms with Gasteiger partial charge in [-0.25, -0.2) is 0 Å². The van der Waals surface area contributed by atoms with E-state index in [1.807, 2.05) is 49.4 Å². The van der Waals surface area contributed by atoms with Crippen molar-refractivity contribution in [3.05, 3.63) is 71.8 Å². The van der Waals surface area contributed by atoms with Gasteiger partial charge in [-0.05, 0) is 45.3 Å². The molecule has 0 radical (unpaired) electrons. The minimum absolute atomic E-state index is 0.309. The lowest BCUT2D eigenvalue weighted by atomic mass is 9.83. The number of aliphatic hydroxyl groups is 1. The molecule has 0 heterocycles. The Morgan fingerprint density at radius 2 is 1.88 bits per heavy atom. The molecule has 1 aromatic rings. The van der Waals surface area contributed by atoms with Gasteiger partial charge in [0.15, 0.2) is 0 Å². The summed E-state index contributed by atoms with van der Waals surface area (Å²) in [5.74, 6) is -0.392. The predicted octanol–water partition coefficient (Wildman–Crippen LogP) is 4.24. The van der Waals surface area contributed by atoms with E-state index < -0.39 is 17.5 Å². The molecule has 0 bridgehead atoms. The summed E-state index contributed by atoms with van der Waals surface area (Å²) < 4.78 is 5.02. The van der Waals surface area contributed by atoms with Crippen LogP contribution in [0.2, 0.25) is 0 Å². The number of carbonyl (C=O) groups excluding carboxylic acids is 1. The molecule has 0 aliphatic carbocycles. The molecule has 0 spiro atoms. The third-order valence-corrected chi connectivity index (χ3v) is 3.83. The fourth-order valence-electron chi connectivity index (χ4n) is 2.26. The van der Waals surface area contributed by atoms with Crippen LogP contribution in [-0.2, 0) is 16.0 Å². The zero-order valence-electron chi connectivity index (χ0n) is 15.0. The van der Waals surface area contributed by atoms with Gasteiger partial charge in [0.25, 0.3) is 0 Å². The molecule has 1 rings (SSSR count). The van der Waals surface area contributed by atoms with Crippen molar-refractivity contribution in [1.82, 2.24) is 0 Å². The van der Waals surface area contributed by atoms with Gasteiger partial charge in [-0.15, -0.1) is 0 Å². The van der Waals surface area contributed by atoms with Crippen molar-refractivity contribution in [3.63, 3.8) is 0 Å². The zero-order chi connectivity index (χ0) is 18.0. The molecule has 1 unspecified atom stereocenters. The Morgan fingerprint density at radius 3 is 2.50 bits per heavy atom. The summed E-state index contributed by atoms with van der Waals surface area (Å²) in [5.41, 5.74) is 1.02. The first kappa shape index (κ1) is 19.9. The fourth-order valence-corrected chi connectivity index (χ4v) is 2.26. The molecule has 130 valence electrons. The summed E-state index contributed by atoms with van der Waals surface area (Å²) in [6.07, 6.45) is 9.64. The van der Waals surface area contributed by atoms with E-state index >= 15 is 0 Å². The molecule has 3 nitrogen and oxygen atoms in total. The minimum atomic E-state index is -0.965. The van der Waals surface area contributed by atoms with Gasteiger partial charge in [-0.2, -0.15) is 0 Å². The largest absolute Gasteiger partial charge is 0.465 e. The monoisotopic (exact) mass is 328 g/mol. The van der Waals surface area contributed by atoms with Crippen LogP contribution in [0, 0.1) is 5.41 Å². The number of hydrogen-bond donors (Lipinski definition) is 1. The van der Waals surface area contributed by atoms with Crippen molar-refractivity contribution in [3.8, 4) is 0 Å². The van der Waals surface area contributed by atoms with Gasteiger partial charge in [0.2, 0.25) is 0 Å². The molecule has 1 atom stereocenters. The van der Waals surface area contributed by atoms with E-state index in [4.69, 9.17) is 4.74 Å². The van der Waals surface area contributed by atoms with Crippen LogP contribution >= 0.6 is 0 Å². The summed E-state index contributed by atoms with van der Waals surface area (Å²) in [5, 5.41) is 10.4. The second-order valence-corrected chi connectivity index (χ2v) is 6.26. The number of aliphatic hydroxyl groups excluding tert-OH is 1. The predicted molar refractivity (Wildman–Crippen MR) is 98.6 cm³/mol. The highest BCUT2D eigenvalue weighted by Crippen LogP contribution is 2.27. The number of rotatable bonds is 8. The molecule has 1 N–H and O–H groups in total. The lowest BCUT2D eigenvalue weighted by Crippen LogP contribution is -2.39. The molecule has 0 amide bonds. The molecular formula is C21H28O3. The van der Waals surface area contributed by atoms with Crippen LogP contribution in [0.5, 0.6) is 0 Å². The van der Waals surface area contributed by atoms with Gasteiger partial charge >= 0.3 is 5.97 Å². The van der Waals surface area contributed by atoms with Crippen LogP contribution in [-0.4, -0.2) is 23.8 Å². The quantitative estimate of drug-likeness (QED) is 0.573. The Bertz CT molecular complexity index is 595.